The van der Waals surface area contributed by atoms with Crippen molar-refractivity contribution in [2.45, 2.75) is 45.3 Å². The molecule has 1 amide bonds. The van der Waals surface area contributed by atoms with Crippen molar-refractivity contribution in [1.29, 1.82) is 0 Å². The van der Waals surface area contributed by atoms with Gasteiger partial charge in [0.25, 0.3) is 0 Å². The Bertz CT molecular complexity index is 758. The van der Waals surface area contributed by atoms with Gasteiger partial charge in [0.1, 0.15) is 5.69 Å². The van der Waals surface area contributed by atoms with Gasteiger partial charge in [-0.05, 0) is 51.3 Å². The van der Waals surface area contributed by atoms with Crippen molar-refractivity contribution in [3.05, 3.63) is 30.6 Å². The number of hydrogen-bond donors (Lipinski definition) is 1. The molecule has 0 aromatic carbocycles. The van der Waals surface area contributed by atoms with Crippen LogP contribution in [0.25, 0.3) is 11.4 Å². The highest BCUT2D eigenvalue weighted by Gasteiger charge is 2.43. The Morgan fingerprint density at radius 1 is 1.35 bits per heavy atom. The van der Waals surface area contributed by atoms with Crippen molar-refractivity contribution < 1.29 is 4.79 Å². The molecule has 1 N–H and O–H groups in total. The summed E-state index contributed by atoms with van der Waals surface area (Å²) in [7, 11) is 0. The van der Waals surface area contributed by atoms with Gasteiger partial charge in [-0.2, -0.15) is 0 Å². The van der Waals surface area contributed by atoms with Gasteiger partial charge >= 0.3 is 0 Å². The summed E-state index contributed by atoms with van der Waals surface area (Å²) in [6.45, 7) is 6.78. The molecule has 0 spiro atoms. The highest BCUT2D eigenvalue weighted by atomic mass is 16.2. The third-order valence-electron chi connectivity index (χ3n) is 5.51. The van der Waals surface area contributed by atoms with Gasteiger partial charge in [-0.3, -0.25) is 19.4 Å². The highest BCUT2D eigenvalue weighted by molar-refractivity contribution is 5.79. The molecule has 3 aliphatic heterocycles. The summed E-state index contributed by atoms with van der Waals surface area (Å²) in [5, 5.41) is 11.6. The number of hydrogen-bond acceptors (Lipinski definition) is 5. The van der Waals surface area contributed by atoms with Gasteiger partial charge in [-0.1, -0.05) is 11.3 Å². The lowest BCUT2D eigenvalue weighted by Crippen LogP contribution is -2.58. The number of carbonyl (C=O) groups excluding carboxylic acids is 1. The number of carbonyl (C=O) groups is 1. The Hall–Kier alpha value is -2.28. The molecule has 0 radical (unpaired) electrons. The summed E-state index contributed by atoms with van der Waals surface area (Å²) in [4.78, 5) is 19.2. The van der Waals surface area contributed by atoms with Crippen LogP contribution in [0, 0.1) is 11.8 Å². The van der Waals surface area contributed by atoms with E-state index in [1.165, 1.54) is 0 Å². The predicted molar refractivity (Wildman–Crippen MR) is 98.1 cm³/mol. The molecule has 0 aliphatic carbocycles. The van der Waals surface area contributed by atoms with Crippen LogP contribution in [0.2, 0.25) is 0 Å². The van der Waals surface area contributed by atoms with E-state index in [4.69, 9.17) is 0 Å². The third kappa shape index (κ3) is 3.49. The van der Waals surface area contributed by atoms with Gasteiger partial charge in [0.2, 0.25) is 5.91 Å². The Kier molecular flexibility index (Phi) is 4.72. The first-order valence-corrected chi connectivity index (χ1v) is 9.46. The van der Waals surface area contributed by atoms with Crippen LogP contribution in [0.3, 0.4) is 0 Å². The van der Waals surface area contributed by atoms with E-state index in [1.807, 2.05) is 42.9 Å². The molecule has 4 atom stereocenters. The molecule has 3 fully saturated rings. The standard InChI is InChI=1S/C19H26N6O/c1-13(2)21-19(26)16-11-24-8-6-14(16)9-15(24)10-25-12-18(22-23-25)17-5-3-4-7-20-17/h3-5,7,12-16H,6,8-11H2,1-2H3,(H,21,26)/t14?,15-,16+/m1/s1. The zero-order chi connectivity index (χ0) is 18.1. The van der Waals surface area contributed by atoms with Gasteiger partial charge in [-0.15, -0.1) is 5.10 Å². The normalized spacial score (nSPS) is 27.7. The number of aromatic nitrogens is 4. The van der Waals surface area contributed by atoms with Gasteiger partial charge in [0.15, 0.2) is 0 Å². The van der Waals surface area contributed by atoms with Crippen LogP contribution < -0.4 is 5.32 Å². The number of piperidine rings is 3. The van der Waals surface area contributed by atoms with Crippen molar-refractivity contribution in [2.75, 3.05) is 13.1 Å². The molecule has 2 bridgehead atoms. The summed E-state index contributed by atoms with van der Waals surface area (Å²) in [6, 6.07) is 6.42. The van der Waals surface area contributed by atoms with E-state index in [0.29, 0.717) is 12.0 Å². The summed E-state index contributed by atoms with van der Waals surface area (Å²) in [5.41, 5.74) is 1.64. The molecule has 7 nitrogen and oxygen atoms in total. The molecule has 3 aliphatic rings. The highest BCUT2D eigenvalue weighted by Crippen LogP contribution is 2.37. The second-order valence-corrected chi connectivity index (χ2v) is 7.74. The number of amides is 1. The lowest BCUT2D eigenvalue weighted by atomic mass is 9.75. The van der Waals surface area contributed by atoms with E-state index in [9.17, 15) is 4.79 Å². The average Bonchev–Trinajstić information content (AvgIpc) is 3.11. The minimum absolute atomic E-state index is 0.127. The minimum Gasteiger partial charge on any atom is -0.354 e. The quantitative estimate of drug-likeness (QED) is 0.882. The van der Waals surface area contributed by atoms with Gasteiger partial charge in [-0.25, -0.2) is 0 Å². The van der Waals surface area contributed by atoms with Crippen LogP contribution in [-0.4, -0.2) is 56.0 Å². The van der Waals surface area contributed by atoms with Gasteiger partial charge in [0.05, 0.1) is 24.4 Å². The number of nitrogens with zero attached hydrogens (tertiary/aromatic N) is 5. The van der Waals surface area contributed by atoms with Crippen LogP contribution in [0.4, 0.5) is 0 Å². The largest absolute Gasteiger partial charge is 0.354 e. The smallest absolute Gasteiger partial charge is 0.224 e. The fourth-order valence-corrected chi connectivity index (χ4v) is 4.25. The van der Waals surface area contributed by atoms with E-state index < -0.39 is 0 Å². The fraction of sp³-hybridized carbons (Fsp3) is 0.579. The van der Waals surface area contributed by atoms with Crippen LogP contribution >= 0.6 is 0 Å². The number of pyridine rings is 1. The maximum atomic E-state index is 12.5. The van der Waals surface area contributed by atoms with E-state index >= 15 is 0 Å². The summed E-state index contributed by atoms with van der Waals surface area (Å²) in [6.07, 6.45) is 5.90. The Morgan fingerprint density at radius 3 is 2.92 bits per heavy atom. The number of rotatable bonds is 5. The topological polar surface area (TPSA) is 75.9 Å². The van der Waals surface area contributed by atoms with Gasteiger partial charge in [0, 0.05) is 24.8 Å². The zero-order valence-corrected chi connectivity index (χ0v) is 15.4. The summed E-state index contributed by atoms with van der Waals surface area (Å²) >= 11 is 0. The minimum atomic E-state index is 0.127. The van der Waals surface area contributed by atoms with Crippen LogP contribution in [0.1, 0.15) is 26.7 Å². The Morgan fingerprint density at radius 2 is 2.23 bits per heavy atom. The number of nitrogens with one attached hydrogen (secondary N) is 1. The predicted octanol–water partition coefficient (Wildman–Crippen LogP) is 1.58. The first kappa shape index (κ1) is 17.1. The van der Waals surface area contributed by atoms with E-state index in [2.05, 4.69) is 25.5 Å². The van der Waals surface area contributed by atoms with E-state index in [1.54, 1.807) is 6.20 Å². The maximum Gasteiger partial charge on any atom is 0.224 e. The molecule has 138 valence electrons. The SMILES string of the molecule is CC(C)NC(=O)[C@H]1CN2CCC1C[C@@H]2Cn1cc(-c2ccccn2)nn1. The summed E-state index contributed by atoms with van der Waals surface area (Å²) < 4.78 is 1.92. The van der Waals surface area contributed by atoms with Crippen molar-refractivity contribution in [1.82, 2.24) is 30.2 Å². The Labute approximate surface area is 153 Å². The summed E-state index contributed by atoms with van der Waals surface area (Å²) in [5.74, 6) is 0.816. The monoisotopic (exact) mass is 354 g/mol. The van der Waals surface area contributed by atoms with Crippen molar-refractivity contribution in [3.8, 4) is 11.4 Å². The molecule has 2 aromatic rings. The second kappa shape index (κ2) is 7.15. The maximum absolute atomic E-state index is 12.5. The lowest BCUT2D eigenvalue weighted by Gasteiger charge is -2.49. The molecule has 2 aromatic heterocycles. The first-order valence-electron chi connectivity index (χ1n) is 9.46. The molecular weight excluding hydrogens is 328 g/mol. The molecule has 7 heteroatoms. The average molecular weight is 354 g/mol. The first-order chi connectivity index (χ1) is 12.6. The van der Waals surface area contributed by atoms with Crippen molar-refractivity contribution in [2.24, 2.45) is 11.8 Å². The van der Waals surface area contributed by atoms with Gasteiger partial charge < -0.3 is 5.32 Å². The van der Waals surface area contributed by atoms with Crippen LogP contribution in [0.5, 0.6) is 0 Å². The molecule has 2 unspecified atom stereocenters. The van der Waals surface area contributed by atoms with E-state index in [0.717, 1.165) is 43.9 Å². The Balaban J connectivity index is 1.40. The van der Waals surface area contributed by atoms with Crippen molar-refractivity contribution >= 4 is 5.91 Å². The fourth-order valence-electron chi connectivity index (χ4n) is 4.25. The number of fused-ring (bicyclic) bond motifs is 3. The lowest BCUT2D eigenvalue weighted by molar-refractivity contribution is -0.133. The zero-order valence-electron chi connectivity index (χ0n) is 15.4. The van der Waals surface area contributed by atoms with Crippen LogP contribution in [-0.2, 0) is 11.3 Å². The molecular formula is C19H26N6O. The molecule has 5 rings (SSSR count). The molecule has 0 saturated carbocycles. The molecule has 5 heterocycles. The second-order valence-electron chi connectivity index (χ2n) is 7.74. The third-order valence-corrected chi connectivity index (χ3v) is 5.51. The van der Waals surface area contributed by atoms with Crippen LogP contribution in [0.15, 0.2) is 30.6 Å². The van der Waals surface area contributed by atoms with Crippen molar-refractivity contribution in [3.63, 3.8) is 0 Å². The molecule has 26 heavy (non-hydrogen) atoms. The molecule has 3 saturated heterocycles. The van der Waals surface area contributed by atoms with E-state index in [-0.39, 0.29) is 17.9 Å².